The number of amides is 3. The Morgan fingerprint density at radius 3 is 2.49 bits per heavy atom. The highest BCUT2D eigenvalue weighted by Gasteiger charge is 2.30. The van der Waals surface area contributed by atoms with Gasteiger partial charge in [0.15, 0.2) is 0 Å². The Morgan fingerprint density at radius 1 is 0.977 bits per heavy atom. The molecule has 0 radical (unpaired) electrons. The first-order chi connectivity index (χ1) is 20.8. The summed E-state index contributed by atoms with van der Waals surface area (Å²) >= 11 is 0. The van der Waals surface area contributed by atoms with E-state index in [-0.39, 0.29) is 32.0 Å². The van der Waals surface area contributed by atoms with Gasteiger partial charge in [-0.1, -0.05) is 72.8 Å². The van der Waals surface area contributed by atoms with Crippen LogP contribution >= 0.6 is 0 Å². The van der Waals surface area contributed by atoms with Gasteiger partial charge >= 0.3 is 5.97 Å². The Labute approximate surface area is 251 Å². The molecule has 0 fully saturated rings. The number of cyclic esters (lactones) is 1. The van der Waals surface area contributed by atoms with Crippen LogP contribution < -0.4 is 16.0 Å². The van der Waals surface area contributed by atoms with E-state index in [1.165, 1.54) is 0 Å². The monoisotopic (exact) mass is 585 g/mol. The number of ether oxygens (including phenoxy) is 1. The third-order valence-corrected chi connectivity index (χ3v) is 7.45. The number of allylic oxidation sites excluding steroid dienone is 2. The van der Waals surface area contributed by atoms with Crippen molar-refractivity contribution in [3.8, 4) is 0 Å². The zero-order valence-corrected chi connectivity index (χ0v) is 24.3. The molecule has 4 rings (SSSR count). The van der Waals surface area contributed by atoms with E-state index in [9.17, 15) is 24.3 Å². The highest BCUT2D eigenvalue weighted by atomic mass is 16.5. The van der Waals surface area contributed by atoms with Gasteiger partial charge in [-0.3, -0.25) is 19.2 Å². The summed E-state index contributed by atoms with van der Waals surface area (Å²) in [5.74, 6) is -3.08. The number of carbonyl (C=O) groups excluding carboxylic acids is 4. The fourth-order valence-corrected chi connectivity index (χ4v) is 5.02. The lowest BCUT2D eigenvalue weighted by molar-refractivity contribution is -0.150. The molecular formula is C34H39N3O6. The second-order valence-corrected chi connectivity index (χ2v) is 11.0. The summed E-state index contributed by atoms with van der Waals surface area (Å²) in [7, 11) is 0. The van der Waals surface area contributed by atoms with Crippen molar-refractivity contribution in [3.63, 3.8) is 0 Å². The van der Waals surface area contributed by atoms with Crippen LogP contribution in [0.3, 0.4) is 0 Å². The van der Waals surface area contributed by atoms with Crippen molar-refractivity contribution in [2.24, 2.45) is 11.8 Å². The summed E-state index contributed by atoms with van der Waals surface area (Å²) in [5.41, 5.74) is 1.53. The lowest BCUT2D eigenvalue weighted by atomic mass is 9.94. The lowest BCUT2D eigenvalue weighted by Crippen LogP contribution is -2.50. The van der Waals surface area contributed by atoms with Gasteiger partial charge < -0.3 is 25.8 Å². The zero-order chi connectivity index (χ0) is 30.6. The minimum Gasteiger partial charge on any atom is -0.463 e. The Balaban J connectivity index is 1.55. The van der Waals surface area contributed by atoms with E-state index < -0.39 is 41.7 Å². The highest BCUT2D eigenvalue weighted by molar-refractivity contribution is 5.99. The Kier molecular flexibility index (Phi) is 11.4. The molecule has 0 aliphatic carbocycles. The number of anilines is 1. The quantitative estimate of drug-likeness (QED) is 0.234. The molecule has 9 heteroatoms. The first-order valence-electron chi connectivity index (χ1n) is 14.7. The van der Waals surface area contributed by atoms with Crippen molar-refractivity contribution in [1.29, 1.82) is 0 Å². The number of aliphatic hydroxyl groups excluding tert-OH is 1. The van der Waals surface area contributed by atoms with E-state index in [0.717, 1.165) is 16.3 Å². The predicted octanol–water partition coefficient (Wildman–Crippen LogP) is 3.91. The largest absolute Gasteiger partial charge is 0.463 e. The van der Waals surface area contributed by atoms with E-state index in [1.54, 1.807) is 13.0 Å². The van der Waals surface area contributed by atoms with Crippen LogP contribution in [-0.4, -0.2) is 54.1 Å². The van der Waals surface area contributed by atoms with E-state index >= 15 is 0 Å². The zero-order valence-electron chi connectivity index (χ0n) is 24.3. The van der Waals surface area contributed by atoms with Crippen molar-refractivity contribution >= 4 is 40.2 Å². The number of nitrogens with one attached hydrogen (secondary N) is 3. The topological polar surface area (TPSA) is 134 Å². The molecule has 3 aromatic rings. The summed E-state index contributed by atoms with van der Waals surface area (Å²) in [4.78, 5) is 52.8. The first-order valence-corrected chi connectivity index (χ1v) is 14.7. The van der Waals surface area contributed by atoms with E-state index in [1.807, 2.05) is 78.9 Å². The van der Waals surface area contributed by atoms with Gasteiger partial charge in [-0.25, -0.2) is 0 Å². The third kappa shape index (κ3) is 9.51. The smallest absolute Gasteiger partial charge is 0.309 e. The van der Waals surface area contributed by atoms with Crippen LogP contribution in [0.2, 0.25) is 0 Å². The van der Waals surface area contributed by atoms with Gasteiger partial charge in [-0.15, -0.1) is 0 Å². The van der Waals surface area contributed by atoms with Gasteiger partial charge in [-0.2, -0.15) is 0 Å². The second-order valence-electron chi connectivity index (χ2n) is 11.0. The average molecular weight is 586 g/mol. The maximum Gasteiger partial charge on any atom is 0.309 e. The molecule has 43 heavy (non-hydrogen) atoms. The van der Waals surface area contributed by atoms with E-state index in [0.29, 0.717) is 24.9 Å². The average Bonchev–Trinajstić information content (AvgIpc) is 3.02. The molecule has 0 bridgehead atoms. The molecular weight excluding hydrogens is 546 g/mol. The number of benzene rings is 3. The number of aliphatic hydroxyl groups is 1. The number of rotatable bonds is 8. The SMILES string of the molecule is C[C@@H](CO)NC(=O)C[C@H]1CC=CCC[C@H](Cc2ccccc2)C(=O)OC[C@@H](C(=O)Nc2ccc3ccccc3c2)NC1=O. The van der Waals surface area contributed by atoms with Crippen LogP contribution in [0.25, 0.3) is 10.8 Å². The lowest BCUT2D eigenvalue weighted by Gasteiger charge is -2.23. The number of hydrogen-bond donors (Lipinski definition) is 4. The van der Waals surface area contributed by atoms with Crippen LogP contribution in [0, 0.1) is 11.8 Å². The molecule has 4 atom stereocenters. The number of esters is 1. The fourth-order valence-electron chi connectivity index (χ4n) is 5.02. The third-order valence-electron chi connectivity index (χ3n) is 7.45. The molecule has 0 spiro atoms. The first kappa shape index (κ1) is 31.4. The van der Waals surface area contributed by atoms with Gasteiger partial charge in [0.1, 0.15) is 12.6 Å². The molecule has 3 amide bonds. The number of hydrogen-bond acceptors (Lipinski definition) is 6. The maximum atomic E-state index is 13.5. The summed E-state index contributed by atoms with van der Waals surface area (Å²) in [6.45, 7) is 1.08. The molecule has 3 aromatic carbocycles. The van der Waals surface area contributed by atoms with Crippen LogP contribution in [-0.2, 0) is 30.3 Å². The minimum atomic E-state index is -1.19. The molecule has 226 valence electrons. The summed E-state index contributed by atoms with van der Waals surface area (Å²) in [6.07, 6.45) is 5.47. The van der Waals surface area contributed by atoms with Crippen molar-refractivity contribution in [2.75, 3.05) is 18.5 Å². The Bertz CT molecular complexity index is 1440. The van der Waals surface area contributed by atoms with Crippen molar-refractivity contribution in [2.45, 2.75) is 51.1 Å². The van der Waals surface area contributed by atoms with Gasteiger partial charge in [-0.05, 0) is 61.1 Å². The molecule has 1 aliphatic rings. The molecule has 0 unspecified atom stereocenters. The Hall–Kier alpha value is -4.50. The minimum absolute atomic E-state index is 0.129. The van der Waals surface area contributed by atoms with E-state index in [4.69, 9.17) is 4.74 Å². The van der Waals surface area contributed by atoms with Crippen LogP contribution in [0.15, 0.2) is 84.9 Å². The van der Waals surface area contributed by atoms with Gasteiger partial charge in [0.05, 0.1) is 18.4 Å². The Morgan fingerprint density at radius 2 is 1.72 bits per heavy atom. The predicted molar refractivity (Wildman–Crippen MR) is 165 cm³/mol. The maximum absolute atomic E-state index is 13.5. The molecule has 1 heterocycles. The van der Waals surface area contributed by atoms with Crippen molar-refractivity contribution in [1.82, 2.24) is 10.6 Å². The van der Waals surface area contributed by atoms with Crippen molar-refractivity contribution in [3.05, 3.63) is 90.5 Å². The van der Waals surface area contributed by atoms with Crippen LogP contribution in [0.5, 0.6) is 0 Å². The molecule has 0 saturated carbocycles. The van der Waals surface area contributed by atoms with Crippen molar-refractivity contribution < 1.29 is 29.0 Å². The number of fused-ring (bicyclic) bond motifs is 1. The molecule has 4 N–H and O–H groups in total. The van der Waals surface area contributed by atoms with Crippen LogP contribution in [0.1, 0.15) is 38.2 Å². The van der Waals surface area contributed by atoms with E-state index in [2.05, 4.69) is 16.0 Å². The summed E-state index contributed by atoms with van der Waals surface area (Å²) < 4.78 is 5.67. The molecule has 0 saturated heterocycles. The molecule has 9 nitrogen and oxygen atoms in total. The van der Waals surface area contributed by atoms with Gasteiger partial charge in [0, 0.05) is 18.2 Å². The normalized spacial score (nSPS) is 20.5. The molecule has 0 aromatic heterocycles. The van der Waals surface area contributed by atoms with Gasteiger partial charge in [0.2, 0.25) is 11.8 Å². The number of carbonyl (C=O) groups is 4. The second kappa shape index (κ2) is 15.7. The summed E-state index contributed by atoms with van der Waals surface area (Å²) in [6, 6.07) is 21.2. The summed E-state index contributed by atoms with van der Waals surface area (Å²) in [5, 5.41) is 19.5. The fraction of sp³-hybridized carbons (Fsp3) is 0.353. The highest BCUT2D eigenvalue weighted by Crippen LogP contribution is 2.21. The molecule has 1 aliphatic heterocycles. The van der Waals surface area contributed by atoms with Crippen LogP contribution in [0.4, 0.5) is 5.69 Å². The van der Waals surface area contributed by atoms with Gasteiger partial charge in [0.25, 0.3) is 5.91 Å². The standard InChI is InChI=1S/C34H39N3O6/c1-23(21-38)35-31(39)20-27-14-6-3-7-15-28(18-24-10-4-2-5-11-24)34(42)43-22-30(37-32(27)40)33(41)36-29-17-16-25-12-8-9-13-26(25)19-29/h2-6,8-13,16-17,19,23,27-28,30,38H,7,14-15,18,20-22H2,1H3,(H,35,39)(H,36,41)(H,37,40)/t23-,27+,28+,30-/m0/s1.